The smallest absolute Gasteiger partial charge is 0.257 e. The Morgan fingerprint density at radius 2 is 1.83 bits per heavy atom. The fraction of sp³-hybridized carbons (Fsp3) is 0.292. The monoisotopic (exact) mass is 419 g/mol. The van der Waals surface area contributed by atoms with Crippen molar-refractivity contribution in [3.05, 3.63) is 81.9 Å². The number of benzene rings is 2. The first-order chi connectivity index (χ1) is 14.6. The minimum absolute atomic E-state index is 0.0550. The van der Waals surface area contributed by atoms with E-state index in [0.29, 0.717) is 16.4 Å². The van der Waals surface area contributed by atoms with Crippen molar-refractivity contribution in [2.75, 3.05) is 5.32 Å². The molecule has 2 aromatic carbocycles. The molecular weight excluding hydrogens is 394 g/mol. The number of fused-ring (bicyclic) bond motifs is 1. The first-order valence-corrected chi connectivity index (χ1v) is 11.2. The molecule has 1 atom stereocenters. The zero-order chi connectivity index (χ0) is 20.9. The van der Waals surface area contributed by atoms with E-state index >= 15 is 0 Å². The van der Waals surface area contributed by atoms with Crippen LogP contribution in [0.4, 0.5) is 5.13 Å². The van der Waals surface area contributed by atoms with E-state index < -0.39 is 0 Å². The van der Waals surface area contributed by atoms with Gasteiger partial charge in [-0.3, -0.25) is 14.9 Å². The number of carbonyl (C=O) groups excluding carboxylic acids is 2. The maximum Gasteiger partial charge on any atom is 0.257 e. The van der Waals surface area contributed by atoms with Crippen LogP contribution < -0.4 is 10.6 Å². The summed E-state index contributed by atoms with van der Waals surface area (Å²) in [5, 5.41) is 8.15. The van der Waals surface area contributed by atoms with E-state index in [4.69, 9.17) is 0 Å². The molecule has 2 amide bonds. The van der Waals surface area contributed by atoms with Crippen LogP contribution >= 0.6 is 11.3 Å². The largest absolute Gasteiger partial charge is 0.349 e. The van der Waals surface area contributed by atoms with E-state index in [1.54, 1.807) is 12.1 Å². The van der Waals surface area contributed by atoms with E-state index in [1.807, 2.05) is 30.5 Å². The molecule has 0 aliphatic heterocycles. The Balaban J connectivity index is 1.32. The van der Waals surface area contributed by atoms with Crippen molar-refractivity contribution in [2.24, 2.45) is 0 Å². The summed E-state index contributed by atoms with van der Waals surface area (Å²) in [5.41, 5.74) is 5.22. The lowest BCUT2D eigenvalue weighted by atomic mass is 9.89. The summed E-state index contributed by atoms with van der Waals surface area (Å²) >= 11 is 1.32. The second-order valence-corrected chi connectivity index (χ2v) is 8.52. The van der Waals surface area contributed by atoms with Crippen LogP contribution in [0.25, 0.3) is 0 Å². The molecule has 30 heavy (non-hydrogen) atoms. The molecule has 1 aromatic heterocycles. The summed E-state index contributed by atoms with van der Waals surface area (Å²) in [6, 6.07) is 15.5. The van der Waals surface area contributed by atoms with Crippen molar-refractivity contribution in [1.82, 2.24) is 10.3 Å². The highest BCUT2D eigenvalue weighted by Gasteiger charge is 2.16. The number of nitrogens with zero attached hydrogens (tertiary/aromatic N) is 1. The molecule has 4 rings (SSSR count). The SMILES string of the molecule is CC(NC(=O)Cc1csc(NC(=O)c2ccccc2)n1)c1ccc2c(c1)CCCC2. The van der Waals surface area contributed by atoms with Gasteiger partial charge >= 0.3 is 0 Å². The van der Waals surface area contributed by atoms with Crippen LogP contribution in [0.15, 0.2) is 53.9 Å². The second kappa shape index (κ2) is 9.22. The van der Waals surface area contributed by atoms with E-state index in [9.17, 15) is 9.59 Å². The number of nitrogens with one attached hydrogen (secondary N) is 2. The second-order valence-electron chi connectivity index (χ2n) is 7.67. The maximum atomic E-state index is 12.5. The number of carbonyl (C=O) groups is 2. The molecule has 6 heteroatoms. The normalized spacial score (nSPS) is 13.9. The first-order valence-electron chi connectivity index (χ1n) is 10.3. The van der Waals surface area contributed by atoms with Gasteiger partial charge in [-0.15, -0.1) is 11.3 Å². The van der Waals surface area contributed by atoms with Crippen LogP contribution in [0.5, 0.6) is 0 Å². The third-order valence-electron chi connectivity index (χ3n) is 5.40. The van der Waals surface area contributed by atoms with Gasteiger partial charge in [-0.2, -0.15) is 0 Å². The van der Waals surface area contributed by atoms with Crippen molar-refractivity contribution in [3.8, 4) is 0 Å². The Kier molecular flexibility index (Phi) is 6.23. The highest BCUT2D eigenvalue weighted by molar-refractivity contribution is 7.14. The fourth-order valence-corrected chi connectivity index (χ4v) is 4.47. The summed E-state index contributed by atoms with van der Waals surface area (Å²) in [6.07, 6.45) is 4.97. The summed E-state index contributed by atoms with van der Waals surface area (Å²) in [5.74, 6) is -0.284. The van der Waals surface area contributed by atoms with Gasteiger partial charge in [0, 0.05) is 10.9 Å². The van der Waals surface area contributed by atoms with Crippen LogP contribution in [0.1, 0.15) is 58.5 Å². The molecule has 0 spiro atoms. The number of thiazole rings is 1. The zero-order valence-electron chi connectivity index (χ0n) is 17.0. The molecule has 0 fully saturated rings. The highest BCUT2D eigenvalue weighted by atomic mass is 32.1. The molecule has 1 aliphatic carbocycles. The minimum Gasteiger partial charge on any atom is -0.349 e. The van der Waals surface area contributed by atoms with Gasteiger partial charge in [0.25, 0.3) is 5.91 Å². The van der Waals surface area contributed by atoms with E-state index in [0.717, 1.165) is 18.4 Å². The van der Waals surface area contributed by atoms with Gasteiger partial charge in [-0.05, 0) is 61.4 Å². The number of aromatic nitrogens is 1. The molecule has 2 N–H and O–H groups in total. The lowest BCUT2D eigenvalue weighted by Gasteiger charge is -2.20. The van der Waals surface area contributed by atoms with Crippen LogP contribution in [0.3, 0.4) is 0 Å². The van der Waals surface area contributed by atoms with E-state index in [2.05, 4.69) is 33.8 Å². The molecule has 1 unspecified atom stereocenters. The Labute approximate surface area is 180 Å². The minimum atomic E-state index is -0.206. The van der Waals surface area contributed by atoms with Crippen molar-refractivity contribution < 1.29 is 9.59 Å². The molecule has 5 nitrogen and oxygen atoms in total. The van der Waals surface area contributed by atoms with Gasteiger partial charge in [0.1, 0.15) is 0 Å². The third kappa shape index (κ3) is 4.94. The number of hydrogen-bond acceptors (Lipinski definition) is 4. The van der Waals surface area contributed by atoms with Gasteiger partial charge in [0.15, 0.2) is 5.13 Å². The summed E-state index contributed by atoms with van der Waals surface area (Å²) < 4.78 is 0. The van der Waals surface area contributed by atoms with Gasteiger partial charge in [-0.25, -0.2) is 4.98 Å². The van der Waals surface area contributed by atoms with Gasteiger partial charge < -0.3 is 5.32 Å². The molecule has 1 heterocycles. The molecule has 3 aromatic rings. The van der Waals surface area contributed by atoms with Crippen molar-refractivity contribution in [2.45, 2.75) is 45.1 Å². The average molecular weight is 420 g/mol. The number of hydrogen-bond donors (Lipinski definition) is 2. The fourth-order valence-electron chi connectivity index (χ4n) is 3.77. The van der Waals surface area contributed by atoms with Crippen LogP contribution in [0.2, 0.25) is 0 Å². The third-order valence-corrected chi connectivity index (χ3v) is 6.21. The van der Waals surface area contributed by atoms with Crippen molar-refractivity contribution >= 4 is 28.3 Å². The predicted molar refractivity (Wildman–Crippen MR) is 120 cm³/mol. The van der Waals surface area contributed by atoms with E-state index in [1.165, 1.54) is 35.3 Å². The lowest BCUT2D eigenvalue weighted by Crippen LogP contribution is -2.28. The highest BCUT2D eigenvalue weighted by Crippen LogP contribution is 2.25. The molecule has 0 saturated heterocycles. The van der Waals surface area contributed by atoms with Gasteiger partial charge in [0.2, 0.25) is 5.91 Å². The Hall–Kier alpha value is -2.99. The predicted octanol–water partition coefficient (Wildman–Crippen LogP) is 4.69. The van der Waals surface area contributed by atoms with Crippen molar-refractivity contribution in [3.63, 3.8) is 0 Å². The number of anilines is 1. The van der Waals surface area contributed by atoms with E-state index in [-0.39, 0.29) is 24.3 Å². The molecule has 0 saturated carbocycles. The molecule has 0 bridgehead atoms. The quantitative estimate of drug-likeness (QED) is 0.609. The Morgan fingerprint density at radius 3 is 2.63 bits per heavy atom. The molecule has 0 radical (unpaired) electrons. The average Bonchev–Trinajstić information content (AvgIpc) is 3.20. The van der Waals surface area contributed by atoms with Crippen LogP contribution in [0, 0.1) is 0 Å². The number of rotatable bonds is 6. The zero-order valence-corrected chi connectivity index (χ0v) is 17.8. The maximum absolute atomic E-state index is 12.5. The summed E-state index contributed by atoms with van der Waals surface area (Å²) in [4.78, 5) is 29.1. The number of amides is 2. The standard InChI is InChI=1S/C24H25N3O2S/c1-16(19-12-11-17-7-5-6-10-20(17)13-19)25-22(28)14-21-15-30-24(26-21)27-23(29)18-8-3-2-4-9-18/h2-4,8-9,11-13,15-16H,5-7,10,14H2,1H3,(H,25,28)(H,26,27,29). The summed E-state index contributed by atoms with van der Waals surface area (Å²) in [7, 11) is 0. The topological polar surface area (TPSA) is 71.1 Å². The summed E-state index contributed by atoms with van der Waals surface area (Å²) in [6.45, 7) is 2.01. The van der Waals surface area contributed by atoms with Crippen LogP contribution in [-0.2, 0) is 24.1 Å². The molecular formula is C24H25N3O2S. The Morgan fingerprint density at radius 1 is 1.07 bits per heavy atom. The number of aryl methyl sites for hydroxylation is 2. The molecule has 1 aliphatic rings. The lowest BCUT2D eigenvalue weighted by molar-refractivity contribution is -0.121. The van der Waals surface area contributed by atoms with Gasteiger partial charge in [-0.1, -0.05) is 36.4 Å². The van der Waals surface area contributed by atoms with Gasteiger partial charge in [0.05, 0.1) is 18.2 Å². The first kappa shape index (κ1) is 20.3. The van der Waals surface area contributed by atoms with Crippen LogP contribution in [-0.4, -0.2) is 16.8 Å². The van der Waals surface area contributed by atoms with Crippen molar-refractivity contribution in [1.29, 1.82) is 0 Å². The molecule has 154 valence electrons. The Bertz CT molecular complexity index is 1050.